The number of methoxy groups -OCH3 is 1. The van der Waals surface area contributed by atoms with Crippen LogP contribution in [0.4, 0.5) is 13.2 Å². The van der Waals surface area contributed by atoms with E-state index in [2.05, 4.69) is 9.72 Å². The fraction of sp³-hybridized carbons (Fsp3) is 0.154. The second-order valence-electron chi connectivity index (χ2n) is 3.79. The van der Waals surface area contributed by atoms with Gasteiger partial charge in [-0.15, -0.1) is 13.2 Å². The van der Waals surface area contributed by atoms with E-state index in [1.807, 2.05) is 0 Å². The molecule has 7 heteroatoms. The van der Waals surface area contributed by atoms with Crippen molar-refractivity contribution in [3.8, 4) is 22.8 Å². The van der Waals surface area contributed by atoms with Crippen molar-refractivity contribution in [1.82, 2.24) is 4.98 Å². The predicted molar refractivity (Wildman–Crippen MR) is 67.9 cm³/mol. The minimum absolute atomic E-state index is 0.248. The van der Waals surface area contributed by atoms with Crippen LogP contribution in [-0.4, -0.2) is 18.5 Å². The van der Waals surface area contributed by atoms with Crippen LogP contribution in [0, 0.1) is 0 Å². The highest BCUT2D eigenvalue weighted by Gasteiger charge is 2.31. The van der Waals surface area contributed by atoms with Crippen molar-refractivity contribution in [2.24, 2.45) is 0 Å². The van der Waals surface area contributed by atoms with Gasteiger partial charge in [0.2, 0.25) is 5.88 Å². The topological polar surface area (TPSA) is 31.4 Å². The summed E-state index contributed by atoms with van der Waals surface area (Å²) in [6.45, 7) is 0. The zero-order valence-electron chi connectivity index (χ0n) is 10.2. The molecule has 3 nitrogen and oxygen atoms in total. The van der Waals surface area contributed by atoms with Gasteiger partial charge in [-0.05, 0) is 23.8 Å². The first kappa shape index (κ1) is 14.5. The minimum atomic E-state index is -4.73. The predicted octanol–water partition coefficient (Wildman–Crippen LogP) is 4.31. The first-order chi connectivity index (χ1) is 9.39. The van der Waals surface area contributed by atoms with Crippen molar-refractivity contribution >= 4 is 11.6 Å². The van der Waals surface area contributed by atoms with Crippen LogP contribution >= 0.6 is 11.6 Å². The standard InChI is InChI=1S/C13H9ClF3NO2/c1-19-12-11(14)6-9(7-18-12)8-3-2-4-10(5-8)20-13(15,16)17/h2-7H,1H3. The van der Waals surface area contributed by atoms with Gasteiger partial charge in [-0.25, -0.2) is 4.98 Å². The molecule has 0 aliphatic rings. The molecule has 0 unspecified atom stereocenters. The molecule has 0 radical (unpaired) electrons. The van der Waals surface area contributed by atoms with Crippen LogP contribution in [0.2, 0.25) is 5.02 Å². The quantitative estimate of drug-likeness (QED) is 0.846. The number of hydrogen-bond donors (Lipinski definition) is 0. The van der Waals surface area contributed by atoms with Crippen LogP contribution < -0.4 is 9.47 Å². The Hall–Kier alpha value is -1.95. The van der Waals surface area contributed by atoms with E-state index in [4.69, 9.17) is 16.3 Å². The molecule has 0 bridgehead atoms. The third-order valence-electron chi connectivity index (χ3n) is 2.40. The van der Waals surface area contributed by atoms with Crippen LogP contribution in [0.25, 0.3) is 11.1 Å². The van der Waals surface area contributed by atoms with E-state index in [1.54, 1.807) is 12.1 Å². The van der Waals surface area contributed by atoms with E-state index in [-0.39, 0.29) is 16.7 Å². The molecule has 0 amide bonds. The molecule has 20 heavy (non-hydrogen) atoms. The number of nitrogens with zero attached hydrogens (tertiary/aromatic N) is 1. The number of halogens is 4. The second kappa shape index (κ2) is 5.58. The van der Waals surface area contributed by atoms with Crippen molar-refractivity contribution in [2.75, 3.05) is 7.11 Å². The molecule has 0 atom stereocenters. The van der Waals surface area contributed by atoms with Gasteiger partial charge < -0.3 is 9.47 Å². The van der Waals surface area contributed by atoms with Crippen LogP contribution in [0.5, 0.6) is 11.6 Å². The van der Waals surface area contributed by atoms with Crippen molar-refractivity contribution in [3.63, 3.8) is 0 Å². The first-order valence-corrected chi connectivity index (χ1v) is 5.82. The van der Waals surface area contributed by atoms with Gasteiger partial charge in [-0.2, -0.15) is 0 Å². The van der Waals surface area contributed by atoms with Gasteiger partial charge in [-0.3, -0.25) is 0 Å². The lowest BCUT2D eigenvalue weighted by Gasteiger charge is -2.10. The van der Waals surface area contributed by atoms with Crippen molar-refractivity contribution in [1.29, 1.82) is 0 Å². The lowest BCUT2D eigenvalue weighted by Crippen LogP contribution is -2.17. The van der Waals surface area contributed by atoms with E-state index >= 15 is 0 Å². The highest BCUT2D eigenvalue weighted by atomic mass is 35.5. The maximum atomic E-state index is 12.2. The number of benzene rings is 1. The van der Waals surface area contributed by atoms with Crippen LogP contribution in [-0.2, 0) is 0 Å². The lowest BCUT2D eigenvalue weighted by molar-refractivity contribution is -0.274. The zero-order valence-corrected chi connectivity index (χ0v) is 11.0. The molecule has 1 aromatic heterocycles. The van der Waals surface area contributed by atoms with E-state index in [0.717, 1.165) is 0 Å². The zero-order chi connectivity index (χ0) is 14.8. The van der Waals surface area contributed by atoms with Crippen molar-refractivity contribution < 1.29 is 22.6 Å². The molecule has 106 valence electrons. The number of alkyl halides is 3. The Labute approximate surface area is 117 Å². The van der Waals surface area contributed by atoms with Crippen LogP contribution in [0.1, 0.15) is 0 Å². The molecule has 1 heterocycles. The summed E-state index contributed by atoms with van der Waals surface area (Å²) in [5.74, 6) is -0.0555. The summed E-state index contributed by atoms with van der Waals surface area (Å²) in [4.78, 5) is 3.96. The average molecular weight is 304 g/mol. The Bertz CT molecular complexity index is 617. The largest absolute Gasteiger partial charge is 0.573 e. The van der Waals surface area contributed by atoms with Gasteiger partial charge in [0.15, 0.2) is 0 Å². The van der Waals surface area contributed by atoms with Gasteiger partial charge in [0.05, 0.1) is 7.11 Å². The van der Waals surface area contributed by atoms with E-state index in [1.165, 1.54) is 31.5 Å². The monoisotopic (exact) mass is 303 g/mol. The summed E-state index contributed by atoms with van der Waals surface area (Å²) in [6, 6.07) is 7.11. The van der Waals surface area contributed by atoms with Crippen LogP contribution in [0.3, 0.4) is 0 Å². The third kappa shape index (κ3) is 3.54. The van der Waals surface area contributed by atoms with Gasteiger partial charge in [0.1, 0.15) is 10.8 Å². The second-order valence-corrected chi connectivity index (χ2v) is 4.20. The molecular weight excluding hydrogens is 295 g/mol. The van der Waals surface area contributed by atoms with Crippen LogP contribution in [0.15, 0.2) is 36.5 Å². The number of rotatable bonds is 3. The highest BCUT2D eigenvalue weighted by Crippen LogP contribution is 2.31. The van der Waals surface area contributed by atoms with E-state index in [0.29, 0.717) is 11.1 Å². The third-order valence-corrected chi connectivity index (χ3v) is 2.67. The Morgan fingerprint density at radius 1 is 1.15 bits per heavy atom. The Morgan fingerprint density at radius 3 is 2.50 bits per heavy atom. The summed E-state index contributed by atoms with van der Waals surface area (Å²) in [5, 5.41) is 0.271. The maximum absolute atomic E-state index is 12.2. The summed E-state index contributed by atoms with van der Waals surface area (Å²) >= 11 is 5.93. The fourth-order valence-corrected chi connectivity index (χ4v) is 1.85. The fourth-order valence-electron chi connectivity index (χ4n) is 1.61. The molecular formula is C13H9ClF3NO2. The Kier molecular flexibility index (Phi) is 4.04. The summed E-state index contributed by atoms with van der Waals surface area (Å²) in [6.07, 6.45) is -3.27. The lowest BCUT2D eigenvalue weighted by atomic mass is 10.1. The normalized spacial score (nSPS) is 11.2. The maximum Gasteiger partial charge on any atom is 0.573 e. The summed E-state index contributed by atoms with van der Waals surface area (Å²) in [5.41, 5.74) is 1.06. The van der Waals surface area contributed by atoms with Crippen molar-refractivity contribution in [3.05, 3.63) is 41.6 Å². The SMILES string of the molecule is COc1ncc(-c2cccc(OC(F)(F)F)c2)cc1Cl. The summed E-state index contributed by atoms with van der Waals surface area (Å²) in [7, 11) is 1.42. The average Bonchev–Trinajstić information content (AvgIpc) is 2.37. The van der Waals surface area contributed by atoms with Gasteiger partial charge in [0.25, 0.3) is 0 Å². The van der Waals surface area contributed by atoms with E-state index in [9.17, 15) is 13.2 Å². The minimum Gasteiger partial charge on any atom is -0.480 e. The molecule has 2 rings (SSSR count). The van der Waals surface area contributed by atoms with Gasteiger partial charge >= 0.3 is 6.36 Å². The number of pyridine rings is 1. The Balaban J connectivity index is 2.33. The first-order valence-electron chi connectivity index (χ1n) is 5.45. The number of hydrogen-bond acceptors (Lipinski definition) is 3. The van der Waals surface area contributed by atoms with E-state index < -0.39 is 6.36 Å². The number of aromatic nitrogens is 1. The molecule has 0 saturated heterocycles. The molecule has 0 aliphatic heterocycles. The smallest absolute Gasteiger partial charge is 0.480 e. The Morgan fingerprint density at radius 2 is 1.90 bits per heavy atom. The summed E-state index contributed by atoms with van der Waals surface area (Å²) < 4.78 is 45.3. The molecule has 0 spiro atoms. The van der Waals surface area contributed by atoms with Crippen molar-refractivity contribution in [2.45, 2.75) is 6.36 Å². The molecule has 1 aromatic carbocycles. The van der Waals surface area contributed by atoms with Gasteiger partial charge in [-0.1, -0.05) is 23.7 Å². The molecule has 0 aliphatic carbocycles. The molecule has 2 aromatic rings. The van der Waals surface area contributed by atoms with Gasteiger partial charge in [0, 0.05) is 11.8 Å². The molecule has 0 saturated carbocycles. The molecule has 0 N–H and O–H groups in total. The highest BCUT2D eigenvalue weighted by molar-refractivity contribution is 6.32. The number of ether oxygens (including phenoxy) is 2. The molecule has 0 fully saturated rings.